The van der Waals surface area contributed by atoms with Crippen molar-refractivity contribution in [2.75, 3.05) is 0 Å². The van der Waals surface area contributed by atoms with Crippen LogP contribution in [0.3, 0.4) is 0 Å². The lowest BCUT2D eigenvalue weighted by Gasteiger charge is -2.19. The van der Waals surface area contributed by atoms with Crippen LogP contribution in [0.2, 0.25) is 0 Å². The van der Waals surface area contributed by atoms with Crippen LogP contribution >= 0.6 is 0 Å². The van der Waals surface area contributed by atoms with E-state index in [1.54, 1.807) is 0 Å². The van der Waals surface area contributed by atoms with Crippen LogP contribution < -0.4 is 0 Å². The Labute approximate surface area is 94.4 Å². The Hall–Kier alpha value is -1.71. The fourth-order valence-corrected chi connectivity index (χ4v) is 2.22. The van der Waals surface area contributed by atoms with Crippen molar-refractivity contribution in [3.8, 4) is 0 Å². The average Bonchev–Trinajstić information content (AvgIpc) is 2.86. The first kappa shape index (κ1) is 9.51. The normalized spacial score (nSPS) is 31.6. The first-order valence-electron chi connectivity index (χ1n) is 5.51. The summed E-state index contributed by atoms with van der Waals surface area (Å²) in [5.41, 5.74) is 2.29. The topological polar surface area (TPSA) is 42.5 Å². The largest absolute Gasteiger partial charge is 0.275 e. The van der Waals surface area contributed by atoms with E-state index in [0.717, 1.165) is 11.1 Å². The quantitative estimate of drug-likeness (QED) is 0.699. The molecule has 3 rings (SSSR count). The van der Waals surface area contributed by atoms with Crippen molar-refractivity contribution in [2.45, 2.75) is 13.1 Å². The van der Waals surface area contributed by atoms with E-state index in [2.05, 4.69) is 28.1 Å². The van der Waals surface area contributed by atoms with E-state index < -0.39 is 0 Å². The molecule has 0 saturated carbocycles. The van der Waals surface area contributed by atoms with Gasteiger partial charge in [0.25, 0.3) is 0 Å². The van der Waals surface area contributed by atoms with Gasteiger partial charge in [-0.1, -0.05) is 13.0 Å². The predicted octanol–water partition coefficient (Wildman–Crippen LogP) is 1.55. The van der Waals surface area contributed by atoms with Gasteiger partial charge in [-0.2, -0.15) is 5.10 Å². The predicted molar refractivity (Wildman–Crippen MR) is 64.6 cm³/mol. The number of hydrogen-bond donors (Lipinski definition) is 0. The van der Waals surface area contributed by atoms with Crippen molar-refractivity contribution in [3.63, 3.8) is 0 Å². The minimum Gasteiger partial charge on any atom is -0.275 e. The van der Waals surface area contributed by atoms with Crippen LogP contribution in [0.1, 0.15) is 12.5 Å². The Bertz CT molecular complexity index is 495. The number of fused-ring (bicyclic) bond motifs is 1. The zero-order valence-electron chi connectivity index (χ0n) is 9.41. The minimum absolute atomic E-state index is 0.107. The van der Waals surface area contributed by atoms with Gasteiger partial charge in [0.05, 0.1) is 6.20 Å². The summed E-state index contributed by atoms with van der Waals surface area (Å²) in [6, 6.07) is 0. The molecule has 0 aliphatic carbocycles. The third-order valence-corrected chi connectivity index (χ3v) is 3.20. The summed E-state index contributed by atoms with van der Waals surface area (Å²) in [6.07, 6.45) is 10.2. The van der Waals surface area contributed by atoms with E-state index >= 15 is 0 Å². The van der Waals surface area contributed by atoms with Gasteiger partial charge >= 0.3 is 0 Å². The molecule has 0 N–H and O–H groups in total. The second-order valence-corrected chi connectivity index (χ2v) is 4.45. The molecular formula is C12H14N4. The smallest absolute Gasteiger partial charge is 0.146 e. The molecule has 82 valence electrons. The third kappa shape index (κ3) is 1.41. The van der Waals surface area contributed by atoms with Gasteiger partial charge in [-0.15, -0.1) is 0 Å². The number of hydrogen-bond acceptors (Lipinski definition) is 3. The Morgan fingerprint density at radius 3 is 2.94 bits per heavy atom. The monoisotopic (exact) mass is 214 g/mol. The van der Waals surface area contributed by atoms with E-state index in [-0.39, 0.29) is 6.17 Å². The summed E-state index contributed by atoms with van der Waals surface area (Å²) in [6.45, 7) is 2.19. The van der Waals surface area contributed by atoms with Gasteiger partial charge in [0.15, 0.2) is 0 Å². The molecule has 0 spiro atoms. The van der Waals surface area contributed by atoms with Gasteiger partial charge in [0.1, 0.15) is 6.17 Å². The minimum atomic E-state index is 0.107. The van der Waals surface area contributed by atoms with E-state index in [1.165, 1.54) is 0 Å². The lowest BCUT2D eigenvalue weighted by atomic mass is 9.90. The van der Waals surface area contributed by atoms with Gasteiger partial charge in [-0.05, 0) is 5.57 Å². The summed E-state index contributed by atoms with van der Waals surface area (Å²) in [5, 5.41) is 4.18. The van der Waals surface area contributed by atoms with Crippen molar-refractivity contribution < 1.29 is 0 Å². The zero-order chi connectivity index (χ0) is 11.1. The zero-order valence-corrected chi connectivity index (χ0v) is 9.41. The molecule has 1 aromatic heterocycles. The SMILES string of the molecule is CC1C=NC2N=CC(c3cnn(C)c3)=CC12. The lowest BCUT2D eigenvalue weighted by Crippen LogP contribution is -2.19. The molecule has 0 fully saturated rings. The molecule has 2 aliphatic rings. The first-order valence-corrected chi connectivity index (χ1v) is 5.51. The molecule has 4 heteroatoms. The fourth-order valence-electron chi connectivity index (χ4n) is 2.22. The van der Waals surface area contributed by atoms with Crippen LogP contribution in [-0.2, 0) is 7.05 Å². The highest BCUT2D eigenvalue weighted by molar-refractivity contribution is 6.10. The second-order valence-electron chi connectivity index (χ2n) is 4.45. The van der Waals surface area contributed by atoms with Crippen molar-refractivity contribution in [1.82, 2.24) is 9.78 Å². The molecule has 0 saturated heterocycles. The van der Waals surface area contributed by atoms with Crippen molar-refractivity contribution in [1.29, 1.82) is 0 Å². The van der Waals surface area contributed by atoms with Gasteiger partial charge in [-0.3, -0.25) is 14.7 Å². The molecule has 1 aromatic rings. The van der Waals surface area contributed by atoms with Gasteiger partial charge in [-0.25, -0.2) is 0 Å². The number of dihydropyridines is 1. The summed E-state index contributed by atoms with van der Waals surface area (Å²) >= 11 is 0. The third-order valence-electron chi connectivity index (χ3n) is 3.20. The maximum Gasteiger partial charge on any atom is 0.146 e. The number of allylic oxidation sites excluding steroid dienone is 1. The molecule has 3 heterocycles. The molecule has 0 radical (unpaired) electrons. The molecule has 3 atom stereocenters. The molecule has 0 bridgehead atoms. The number of rotatable bonds is 1. The van der Waals surface area contributed by atoms with Crippen LogP contribution in [0.15, 0.2) is 28.5 Å². The lowest BCUT2D eigenvalue weighted by molar-refractivity contribution is 0.491. The van der Waals surface area contributed by atoms with Crippen molar-refractivity contribution >= 4 is 18.0 Å². The fraction of sp³-hybridized carbons (Fsp3) is 0.417. The molecule has 0 aromatic carbocycles. The highest BCUT2D eigenvalue weighted by Crippen LogP contribution is 2.31. The van der Waals surface area contributed by atoms with Crippen molar-refractivity contribution in [3.05, 3.63) is 24.0 Å². The van der Waals surface area contributed by atoms with Crippen molar-refractivity contribution in [2.24, 2.45) is 28.9 Å². The summed E-state index contributed by atoms with van der Waals surface area (Å²) in [5.74, 6) is 0.898. The number of aryl methyl sites for hydroxylation is 1. The summed E-state index contributed by atoms with van der Waals surface area (Å²) in [4.78, 5) is 8.86. The second kappa shape index (κ2) is 3.40. The van der Waals surface area contributed by atoms with E-state index in [0.29, 0.717) is 11.8 Å². The average molecular weight is 214 g/mol. The number of nitrogens with zero attached hydrogens (tertiary/aromatic N) is 4. The van der Waals surface area contributed by atoms with E-state index in [4.69, 9.17) is 0 Å². The van der Waals surface area contributed by atoms with Crippen LogP contribution in [0.25, 0.3) is 5.57 Å². The van der Waals surface area contributed by atoms with E-state index in [1.807, 2.05) is 36.6 Å². The molecule has 3 unspecified atom stereocenters. The molecule has 0 amide bonds. The van der Waals surface area contributed by atoms with Gasteiger partial charge < -0.3 is 0 Å². The Balaban J connectivity index is 1.94. The standard InChI is InChI=1S/C12H14N4/c1-8-4-13-12-11(8)3-9(5-14-12)10-6-15-16(2)7-10/h3-8,11-12H,1-2H3. The Kier molecular flexibility index (Phi) is 2.02. The summed E-state index contributed by atoms with van der Waals surface area (Å²) < 4.78 is 1.81. The van der Waals surface area contributed by atoms with Gasteiger partial charge in [0.2, 0.25) is 0 Å². The maximum atomic E-state index is 4.48. The van der Waals surface area contributed by atoms with Gasteiger partial charge in [0, 0.05) is 43.1 Å². The maximum absolute atomic E-state index is 4.48. The van der Waals surface area contributed by atoms with Crippen LogP contribution in [-0.4, -0.2) is 28.4 Å². The molecule has 2 aliphatic heterocycles. The Morgan fingerprint density at radius 2 is 2.19 bits per heavy atom. The van der Waals surface area contributed by atoms with Crippen LogP contribution in [0.4, 0.5) is 0 Å². The highest BCUT2D eigenvalue weighted by Gasteiger charge is 2.30. The summed E-state index contributed by atoms with van der Waals surface area (Å²) in [7, 11) is 1.92. The van der Waals surface area contributed by atoms with Crippen LogP contribution in [0, 0.1) is 11.8 Å². The van der Waals surface area contributed by atoms with Crippen LogP contribution in [0.5, 0.6) is 0 Å². The highest BCUT2D eigenvalue weighted by atomic mass is 15.2. The first-order chi connectivity index (χ1) is 7.74. The van der Waals surface area contributed by atoms with E-state index in [9.17, 15) is 0 Å². The molecule has 16 heavy (non-hydrogen) atoms. The molecule has 4 nitrogen and oxygen atoms in total. The molecular weight excluding hydrogens is 200 g/mol. The number of aromatic nitrogens is 2. The Morgan fingerprint density at radius 1 is 1.31 bits per heavy atom. The number of aliphatic imine (C=N–C) groups is 2.